The summed E-state index contributed by atoms with van der Waals surface area (Å²) in [4.78, 5) is 19.1. The van der Waals surface area contributed by atoms with Crippen LogP contribution in [0, 0.1) is 11.8 Å². The normalized spacial score (nSPS) is 21.8. The highest BCUT2D eigenvalue weighted by Crippen LogP contribution is 2.21. The summed E-state index contributed by atoms with van der Waals surface area (Å²) in [5, 5.41) is 3.40. The van der Waals surface area contributed by atoms with Crippen molar-refractivity contribution in [1.82, 2.24) is 15.2 Å². The predicted molar refractivity (Wildman–Crippen MR) is 93.4 cm³/mol. The van der Waals surface area contributed by atoms with Gasteiger partial charge in [-0.1, -0.05) is 6.07 Å². The van der Waals surface area contributed by atoms with Gasteiger partial charge < -0.3 is 15.0 Å². The Balaban J connectivity index is 1.55. The van der Waals surface area contributed by atoms with E-state index >= 15 is 0 Å². The molecule has 1 amide bonds. The monoisotopic (exact) mass is 331 g/mol. The van der Waals surface area contributed by atoms with E-state index in [2.05, 4.69) is 16.4 Å². The van der Waals surface area contributed by atoms with Crippen LogP contribution in [0.3, 0.4) is 0 Å². The standard InChI is InChI=1S/C19H29N3O2/c23-19(4-3-16-6-10-24-11-7-16)22(15-18-5-9-21-13-18)14-17-2-1-8-20-12-17/h1-2,8,12,16,18,21H,3-7,9-11,13-15H2. The van der Waals surface area contributed by atoms with E-state index in [0.717, 1.165) is 64.1 Å². The number of hydrogen-bond acceptors (Lipinski definition) is 4. The van der Waals surface area contributed by atoms with Gasteiger partial charge in [-0.15, -0.1) is 0 Å². The van der Waals surface area contributed by atoms with Crippen molar-refractivity contribution in [2.45, 2.75) is 38.6 Å². The van der Waals surface area contributed by atoms with Crippen molar-refractivity contribution in [1.29, 1.82) is 0 Å². The Morgan fingerprint density at radius 2 is 2.17 bits per heavy atom. The third kappa shape index (κ3) is 5.28. The molecule has 132 valence electrons. The molecule has 1 aromatic heterocycles. The number of pyridine rings is 1. The van der Waals surface area contributed by atoms with Gasteiger partial charge in [-0.05, 0) is 62.2 Å². The number of rotatable bonds is 7. The van der Waals surface area contributed by atoms with Crippen LogP contribution in [0.25, 0.3) is 0 Å². The molecule has 1 N–H and O–H groups in total. The van der Waals surface area contributed by atoms with E-state index in [-0.39, 0.29) is 5.91 Å². The Morgan fingerprint density at radius 3 is 2.88 bits per heavy atom. The van der Waals surface area contributed by atoms with Crippen LogP contribution < -0.4 is 5.32 Å². The molecular formula is C19H29N3O2. The van der Waals surface area contributed by atoms with Crippen molar-refractivity contribution in [3.8, 4) is 0 Å². The smallest absolute Gasteiger partial charge is 0.222 e. The minimum absolute atomic E-state index is 0.289. The summed E-state index contributed by atoms with van der Waals surface area (Å²) in [6.07, 6.45) is 8.66. The van der Waals surface area contributed by atoms with Gasteiger partial charge in [-0.3, -0.25) is 9.78 Å². The maximum Gasteiger partial charge on any atom is 0.222 e. The Morgan fingerprint density at radius 1 is 1.29 bits per heavy atom. The molecule has 24 heavy (non-hydrogen) atoms. The molecule has 2 saturated heterocycles. The maximum atomic E-state index is 12.8. The second-order valence-electron chi connectivity index (χ2n) is 7.09. The Hall–Kier alpha value is -1.46. The first kappa shape index (κ1) is 17.4. The van der Waals surface area contributed by atoms with Crippen LogP contribution in [0.1, 0.15) is 37.7 Å². The quantitative estimate of drug-likeness (QED) is 0.832. The van der Waals surface area contributed by atoms with E-state index in [1.54, 1.807) is 6.20 Å². The number of hydrogen-bond donors (Lipinski definition) is 1. The summed E-state index contributed by atoms with van der Waals surface area (Å²) in [7, 11) is 0. The first-order valence-corrected chi connectivity index (χ1v) is 9.26. The summed E-state index contributed by atoms with van der Waals surface area (Å²) in [6.45, 7) is 5.34. The molecule has 0 radical (unpaired) electrons. The minimum atomic E-state index is 0.289. The Kier molecular flexibility index (Phi) is 6.61. The fourth-order valence-corrected chi connectivity index (χ4v) is 3.67. The van der Waals surface area contributed by atoms with Crippen LogP contribution in [-0.4, -0.2) is 48.6 Å². The van der Waals surface area contributed by atoms with E-state index in [0.29, 0.717) is 24.8 Å². The lowest BCUT2D eigenvalue weighted by Crippen LogP contribution is -2.36. The Labute approximate surface area is 144 Å². The lowest BCUT2D eigenvalue weighted by atomic mass is 9.94. The zero-order chi connectivity index (χ0) is 16.6. The van der Waals surface area contributed by atoms with Gasteiger partial charge in [0.25, 0.3) is 0 Å². The van der Waals surface area contributed by atoms with E-state index in [4.69, 9.17) is 4.74 Å². The van der Waals surface area contributed by atoms with Crippen LogP contribution in [0.2, 0.25) is 0 Å². The van der Waals surface area contributed by atoms with Crippen LogP contribution in [0.5, 0.6) is 0 Å². The van der Waals surface area contributed by atoms with Gasteiger partial charge in [0.2, 0.25) is 5.91 Å². The van der Waals surface area contributed by atoms with E-state index < -0.39 is 0 Å². The SMILES string of the molecule is O=C(CCC1CCOCC1)N(Cc1cccnc1)CC1CCNC1. The predicted octanol–water partition coefficient (Wildman–Crippen LogP) is 2.23. The minimum Gasteiger partial charge on any atom is -0.381 e. The van der Waals surface area contributed by atoms with Gasteiger partial charge in [0, 0.05) is 45.1 Å². The third-order valence-corrected chi connectivity index (χ3v) is 5.20. The van der Waals surface area contributed by atoms with Gasteiger partial charge in [0.1, 0.15) is 0 Å². The summed E-state index contributed by atoms with van der Waals surface area (Å²) in [5.74, 6) is 1.52. The van der Waals surface area contributed by atoms with Gasteiger partial charge in [0.15, 0.2) is 0 Å². The van der Waals surface area contributed by atoms with Gasteiger partial charge >= 0.3 is 0 Å². The number of nitrogens with zero attached hydrogens (tertiary/aromatic N) is 2. The molecule has 5 nitrogen and oxygen atoms in total. The topological polar surface area (TPSA) is 54.5 Å². The molecule has 2 fully saturated rings. The fourth-order valence-electron chi connectivity index (χ4n) is 3.67. The molecule has 5 heteroatoms. The van der Waals surface area contributed by atoms with Gasteiger partial charge in [-0.2, -0.15) is 0 Å². The van der Waals surface area contributed by atoms with Gasteiger partial charge in [0.05, 0.1) is 0 Å². The third-order valence-electron chi connectivity index (χ3n) is 5.20. The van der Waals surface area contributed by atoms with Crippen molar-refractivity contribution in [2.75, 3.05) is 32.8 Å². The van der Waals surface area contributed by atoms with Crippen molar-refractivity contribution in [3.63, 3.8) is 0 Å². The second-order valence-corrected chi connectivity index (χ2v) is 7.09. The van der Waals surface area contributed by atoms with Crippen LogP contribution in [0.4, 0.5) is 0 Å². The molecule has 3 heterocycles. The fraction of sp³-hybridized carbons (Fsp3) is 0.684. The molecule has 2 aliphatic heterocycles. The van der Waals surface area contributed by atoms with E-state index in [1.807, 2.05) is 17.2 Å². The summed E-state index contributed by atoms with van der Waals surface area (Å²) in [6, 6.07) is 4.00. The second kappa shape index (κ2) is 9.14. The molecule has 0 aromatic carbocycles. The lowest BCUT2D eigenvalue weighted by Gasteiger charge is -2.27. The average molecular weight is 331 g/mol. The molecule has 0 bridgehead atoms. The number of nitrogens with one attached hydrogen (secondary N) is 1. The van der Waals surface area contributed by atoms with Crippen LogP contribution >= 0.6 is 0 Å². The van der Waals surface area contributed by atoms with Crippen molar-refractivity contribution in [2.24, 2.45) is 11.8 Å². The van der Waals surface area contributed by atoms with Crippen molar-refractivity contribution in [3.05, 3.63) is 30.1 Å². The molecule has 1 unspecified atom stereocenters. The lowest BCUT2D eigenvalue weighted by molar-refractivity contribution is -0.132. The number of amides is 1. The van der Waals surface area contributed by atoms with Crippen LogP contribution in [-0.2, 0) is 16.1 Å². The summed E-state index contributed by atoms with van der Waals surface area (Å²) >= 11 is 0. The zero-order valence-electron chi connectivity index (χ0n) is 14.5. The largest absolute Gasteiger partial charge is 0.381 e. The van der Waals surface area contributed by atoms with E-state index in [9.17, 15) is 4.79 Å². The number of aromatic nitrogens is 1. The van der Waals surface area contributed by atoms with Crippen molar-refractivity contribution < 1.29 is 9.53 Å². The highest BCUT2D eigenvalue weighted by molar-refractivity contribution is 5.76. The number of ether oxygens (including phenoxy) is 1. The molecule has 1 atom stereocenters. The van der Waals surface area contributed by atoms with Gasteiger partial charge in [-0.25, -0.2) is 0 Å². The summed E-state index contributed by atoms with van der Waals surface area (Å²) in [5.41, 5.74) is 1.11. The molecule has 0 spiro atoms. The van der Waals surface area contributed by atoms with Crippen molar-refractivity contribution >= 4 is 5.91 Å². The molecule has 0 aliphatic carbocycles. The molecule has 3 rings (SSSR count). The maximum absolute atomic E-state index is 12.8. The first-order valence-electron chi connectivity index (χ1n) is 9.26. The molecular weight excluding hydrogens is 302 g/mol. The first-order chi connectivity index (χ1) is 11.8. The average Bonchev–Trinajstić information content (AvgIpc) is 3.14. The van der Waals surface area contributed by atoms with E-state index in [1.165, 1.54) is 0 Å². The number of carbonyl (C=O) groups excluding carboxylic acids is 1. The highest BCUT2D eigenvalue weighted by Gasteiger charge is 2.23. The van der Waals surface area contributed by atoms with Crippen LogP contribution in [0.15, 0.2) is 24.5 Å². The number of carbonyl (C=O) groups is 1. The molecule has 2 aliphatic rings. The Bertz CT molecular complexity index is 497. The summed E-state index contributed by atoms with van der Waals surface area (Å²) < 4.78 is 5.41. The highest BCUT2D eigenvalue weighted by atomic mass is 16.5. The molecule has 0 saturated carbocycles. The molecule has 1 aromatic rings. The zero-order valence-corrected chi connectivity index (χ0v) is 14.5.